The summed E-state index contributed by atoms with van der Waals surface area (Å²) in [5.74, 6) is -2.11. The van der Waals surface area contributed by atoms with Crippen LogP contribution in [0.1, 0.15) is 0 Å². The third-order valence-corrected chi connectivity index (χ3v) is 6.62. The van der Waals surface area contributed by atoms with Gasteiger partial charge in [-0.3, -0.25) is 4.72 Å². The molecule has 4 aromatic rings. The lowest BCUT2D eigenvalue weighted by molar-refractivity contribution is 0.400. The predicted molar refractivity (Wildman–Crippen MR) is 111 cm³/mol. The molecular formula is C16H10F2IN5O3S2. The lowest BCUT2D eigenvalue weighted by Gasteiger charge is -2.12. The molecule has 3 heterocycles. The molecule has 0 fully saturated rings. The summed E-state index contributed by atoms with van der Waals surface area (Å²) in [4.78, 5) is 8.36. The molecule has 13 heteroatoms. The Morgan fingerprint density at radius 3 is 2.76 bits per heavy atom. The maximum atomic E-state index is 14.0. The Kier molecular flexibility index (Phi) is 5.12. The second-order valence-electron chi connectivity index (χ2n) is 5.66. The van der Waals surface area contributed by atoms with Crippen LogP contribution in [0.4, 0.5) is 14.5 Å². The third kappa shape index (κ3) is 3.89. The summed E-state index contributed by atoms with van der Waals surface area (Å²) in [6.07, 6.45) is 3.21. The molecule has 0 atom stereocenters. The van der Waals surface area contributed by atoms with Gasteiger partial charge in [0.2, 0.25) is 10.8 Å². The van der Waals surface area contributed by atoms with E-state index in [1.54, 1.807) is 10.7 Å². The first-order chi connectivity index (χ1) is 13.8. The number of hydrogen-bond donors (Lipinski definition) is 1. The zero-order valence-electron chi connectivity index (χ0n) is 14.4. The van der Waals surface area contributed by atoms with E-state index in [1.165, 1.54) is 30.7 Å². The van der Waals surface area contributed by atoms with Crippen molar-refractivity contribution >= 4 is 54.6 Å². The van der Waals surface area contributed by atoms with Crippen molar-refractivity contribution in [3.8, 4) is 16.5 Å². The van der Waals surface area contributed by atoms with Crippen molar-refractivity contribution in [2.24, 2.45) is 0 Å². The number of methoxy groups -OCH3 is 1. The van der Waals surface area contributed by atoms with Gasteiger partial charge in [0, 0.05) is 17.8 Å². The number of nitrogens with one attached hydrogen (secondary N) is 1. The largest absolute Gasteiger partial charge is 0.480 e. The van der Waals surface area contributed by atoms with Crippen molar-refractivity contribution in [2.45, 2.75) is 4.90 Å². The highest BCUT2D eigenvalue weighted by Gasteiger charge is 2.22. The van der Waals surface area contributed by atoms with Gasteiger partial charge in [-0.25, -0.2) is 31.7 Å². The molecular weight excluding hydrogens is 539 g/mol. The minimum atomic E-state index is -4.36. The summed E-state index contributed by atoms with van der Waals surface area (Å²) in [5.41, 5.74) is 0.490. The highest BCUT2D eigenvalue weighted by molar-refractivity contribution is 14.1. The molecule has 0 amide bonds. The van der Waals surface area contributed by atoms with E-state index < -0.39 is 26.6 Å². The van der Waals surface area contributed by atoms with Gasteiger partial charge in [0.25, 0.3) is 10.0 Å². The molecule has 150 valence electrons. The van der Waals surface area contributed by atoms with Gasteiger partial charge in [0.05, 0.1) is 13.3 Å². The number of sulfonamides is 1. The molecule has 4 rings (SSSR count). The monoisotopic (exact) mass is 549 g/mol. The topological polar surface area (TPSA) is 98.5 Å². The maximum Gasteiger partial charge on any atom is 0.264 e. The van der Waals surface area contributed by atoms with E-state index in [1.807, 2.05) is 0 Å². The van der Waals surface area contributed by atoms with E-state index in [0.29, 0.717) is 21.6 Å². The quantitative estimate of drug-likeness (QED) is 0.383. The average molecular weight is 549 g/mol. The summed E-state index contributed by atoms with van der Waals surface area (Å²) in [7, 11) is -3.04. The highest BCUT2D eigenvalue weighted by Crippen LogP contribution is 2.32. The molecule has 3 aromatic heterocycles. The maximum absolute atomic E-state index is 14.0. The second-order valence-corrected chi connectivity index (χ2v) is 9.37. The van der Waals surface area contributed by atoms with Crippen molar-refractivity contribution in [1.29, 1.82) is 0 Å². The Balaban J connectivity index is 1.74. The lowest BCUT2D eigenvalue weighted by atomic mass is 10.3. The first-order valence-corrected chi connectivity index (χ1v) is 11.2. The van der Waals surface area contributed by atoms with Crippen LogP contribution in [0.25, 0.3) is 15.5 Å². The standard InChI is InChI=1S/C16H10F2IN5O3S2/c1-27-14-11(23-29(25,26)12-3-2-9(17)5-10(12)18)4-8(6-20-14)15-22-24-7-13(19)21-16(24)28-15/h2-7,23H,1H3. The number of pyridine rings is 1. The number of aromatic nitrogens is 4. The van der Waals surface area contributed by atoms with Crippen LogP contribution >= 0.6 is 33.9 Å². The lowest BCUT2D eigenvalue weighted by Crippen LogP contribution is -2.15. The van der Waals surface area contributed by atoms with Gasteiger partial charge in [-0.2, -0.15) is 5.10 Å². The molecule has 1 aromatic carbocycles. The fraction of sp³-hybridized carbons (Fsp3) is 0.0625. The van der Waals surface area contributed by atoms with E-state index in [4.69, 9.17) is 4.74 Å². The minimum Gasteiger partial charge on any atom is -0.480 e. The molecule has 8 nitrogen and oxygen atoms in total. The van der Waals surface area contributed by atoms with E-state index in [9.17, 15) is 17.2 Å². The number of ether oxygens (including phenoxy) is 1. The number of benzene rings is 1. The second kappa shape index (κ2) is 7.46. The fourth-order valence-corrected chi connectivity index (χ4v) is 5.11. The normalized spacial score (nSPS) is 11.7. The number of fused-ring (bicyclic) bond motifs is 1. The van der Waals surface area contributed by atoms with Gasteiger partial charge in [0.1, 0.15) is 30.9 Å². The number of anilines is 1. The Hall–Kier alpha value is -2.39. The molecule has 1 N–H and O–H groups in total. The van der Waals surface area contributed by atoms with Gasteiger partial charge in [-0.15, -0.1) is 0 Å². The van der Waals surface area contributed by atoms with Crippen LogP contribution in [0.5, 0.6) is 5.88 Å². The summed E-state index contributed by atoms with van der Waals surface area (Å²) in [6.45, 7) is 0. The van der Waals surface area contributed by atoms with Crippen LogP contribution in [-0.4, -0.2) is 35.1 Å². The van der Waals surface area contributed by atoms with Gasteiger partial charge < -0.3 is 4.74 Å². The molecule has 0 radical (unpaired) electrons. The van der Waals surface area contributed by atoms with Crippen LogP contribution in [0, 0.1) is 15.3 Å². The average Bonchev–Trinajstić information content (AvgIpc) is 3.18. The number of imidazole rings is 1. The van der Waals surface area contributed by atoms with Crippen LogP contribution in [-0.2, 0) is 10.0 Å². The summed E-state index contributed by atoms with van der Waals surface area (Å²) < 4.78 is 62.0. The van der Waals surface area contributed by atoms with Crippen molar-refractivity contribution in [2.75, 3.05) is 11.8 Å². The predicted octanol–water partition coefficient (Wildman–Crippen LogP) is 3.55. The molecule has 0 saturated carbocycles. The van der Waals surface area contributed by atoms with Gasteiger partial charge in [0.15, 0.2) is 0 Å². The first kappa shape index (κ1) is 19.9. The molecule has 0 aliphatic carbocycles. The van der Waals surface area contributed by atoms with Crippen LogP contribution < -0.4 is 9.46 Å². The summed E-state index contributed by atoms with van der Waals surface area (Å²) in [6, 6.07) is 3.66. The Morgan fingerprint density at radius 2 is 2.07 bits per heavy atom. The van der Waals surface area contributed by atoms with Gasteiger partial charge in [-0.05, 0) is 40.8 Å². The number of halogens is 3. The fourth-order valence-electron chi connectivity index (χ4n) is 2.49. The molecule has 0 aliphatic heterocycles. The third-order valence-electron chi connectivity index (χ3n) is 3.73. The van der Waals surface area contributed by atoms with E-state index in [0.717, 1.165) is 15.8 Å². The summed E-state index contributed by atoms with van der Waals surface area (Å²) in [5, 5.41) is 4.94. The molecule has 0 aliphatic rings. The Labute approximate surface area is 180 Å². The van der Waals surface area contributed by atoms with Crippen LogP contribution in [0.3, 0.4) is 0 Å². The van der Waals surface area contributed by atoms with Crippen molar-refractivity contribution in [3.05, 3.63) is 52.0 Å². The Morgan fingerprint density at radius 1 is 1.28 bits per heavy atom. The zero-order chi connectivity index (χ0) is 20.8. The Bertz CT molecular complexity index is 1310. The van der Waals surface area contributed by atoms with Crippen LogP contribution in [0.2, 0.25) is 0 Å². The molecule has 0 spiro atoms. The van der Waals surface area contributed by atoms with E-state index >= 15 is 0 Å². The van der Waals surface area contributed by atoms with Crippen molar-refractivity contribution in [1.82, 2.24) is 19.6 Å². The minimum absolute atomic E-state index is 0.0175. The smallest absolute Gasteiger partial charge is 0.264 e. The van der Waals surface area contributed by atoms with Gasteiger partial charge >= 0.3 is 0 Å². The number of rotatable bonds is 5. The number of hydrogen-bond acceptors (Lipinski definition) is 7. The molecule has 29 heavy (non-hydrogen) atoms. The molecule has 0 unspecified atom stereocenters. The van der Waals surface area contributed by atoms with E-state index in [2.05, 4.69) is 42.4 Å². The number of nitrogens with zero attached hydrogens (tertiary/aromatic N) is 4. The highest BCUT2D eigenvalue weighted by atomic mass is 127. The van der Waals surface area contributed by atoms with Crippen LogP contribution in [0.15, 0.2) is 41.6 Å². The SMILES string of the molecule is COc1ncc(-c2nn3cc(I)nc3s2)cc1NS(=O)(=O)c1ccc(F)cc1F. The molecule has 0 bridgehead atoms. The first-order valence-electron chi connectivity index (χ1n) is 7.81. The van der Waals surface area contributed by atoms with E-state index in [-0.39, 0.29) is 11.6 Å². The summed E-state index contributed by atoms with van der Waals surface area (Å²) >= 11 is 3.36. The van der Waals surface area contributed by atoms with Crippen molar-refractivity contribution < 1.29 is 21.9 Å². The zero-order valence-corrected chi connectivity index (χ0v) is 18.2. The van der Waals surface area contributed by atoms with Crippen molar-refractivity contribution in [3.63, 3.8) is 0 Å². The molecule has 0 saturated heterocycles. The van der Waals surface area contributed by atoms with Gasteiger partial charge in [-0.1, -0.05) is 11.3 Å².